The molecule has 2 N–H and O–H groups in total. The van der Waals surface area contributed by atoms with E-state index in [1.165, 1.54) is 5.56 Å². The number of benzene rings is 1. The van der Waals surface area contributed by atoms with Gasteiger partial charge in [0, 0.05) is 11.1 Å². The van der Waals surface area contributed by atoms with E-state index >= 15 is 0 Å². The molecule has 14 heavy (non-hydrogen) atoms. The van der Waals surface area contributed by atoms with Crippen LogP contribution in [0.15, 0.2) is 24.3 Å². The first-order chi connectivity index (χ1) is 6.69. The van der Waals surface area contributed by atoms with Crippen molar-refractivity contribution in [2.45, 2.75) is 38.6 Å². The van der Waals surface area contributed by atoms with Gasteiger partial charge in [-0.1, -0.05) is 37.6 Å². The second-order valence-corrected chi connectivity index (χ2v) is 4.07. The molecule has 2 heteroatoms. The van der Waals surface area contributed by atoms with Gasteiger partial charge in [-0.15, -0.1) is 0 Å². The summed E-state index contributed by atoms with van der Waals surface area (Å²) in [5.74, 6) is 0.456. The zero-order chi connectivity index (χ0) is 10.6. The van der Waals surface area contributed by atoms with Gasteiger partial charge in [0.1, 0.15) is 0 Å². The van der Waals surface area contributed by atoms with Crippen molar-refractivity contribution in [1.82, 2.24) is 0 Å². The molecular weight excluding hydrogens is 194 g/mol. The second-order valence-electron chi connectivity index (χ2n) is 3.64. The number of rotatable bonds is 4. The second kappa shape index (κ2) is 5.38. The fraction of sp³-hybridized carbons (Fsp3) is 0.500. The molecule has 2 unspecified atom stereocenters. The lowest BCUT2D eigenvalue weighted by molar-refractivity contribution is 0.505. The van der Waals surface area contributed by atoms with Crippen molar-refractivity contribution < 1.29 is 0 Å². The fourth-order valence-electron chi connectivity index (χ4n) is 1.78. The van der Waals surface area contributed by atoms with Gasteiger partial charge in [0.25, 0.3) is 0 Å². The molecule has 0 heterocycles. The van der Waals surface area contributed by atoms with Crippen LogP contribution in [0.4, 0.5) is 0 Å². The lowest BCUT2D eigenvalue weighted by Crippen LogP contribution is -2.27. The molecular formula is C12H18ClN. The van der Waals surface area contributed by atoms with Crippen molar-refractivity contribution >= 4 is 11.6 Å². The van der Waals surface area contributed by atoms with Gasteiger partial charge in [-0.25, -0.2) is 0 Å². The van der Waals surface area contributed by atoms with Crippen LogP contribution < -0.4 is 5.73 Å². The Morgan fingerprint density at radius 2 is 1.71 bits per heavy atom. The van der Waals surface area contributed by atoms with E-state index < -0.39 is 0 Å². The summed E-state index contributed by atoms with van der Waals surface area (Å²) in [5.41, 5.74) is 7.36. The lowest BCUT2D eigenvalue weighted by atomic mass is 9.88. The highest BCUT2D eigenvalue weighted by atomic mass is 35.5. The van der Waals surface area contributed by atoms with Crippen LogP contribution >= 0.6 is 11.6 Å². The number of halogens is 1. The molecule has 0 bridgehead atoms. The van der Waals surface area contributed by atoms with Crippen molar-refractivity contribution in [2.24, 2.45) is 5.73 Å². The molecule has 78 valence electrons. The average molecular weight is 212 g/mol. The molecule has 0 amide bonds. The van der Waals surface area contributed by atoms with Crippen LogP contribution in [0, 0.1) is 0 Å². The smallest absolute Gasteiger partial charge is 0.0406 e. The van der Waals surface area contributed by atoms with Gasteiger partial charge in [-0.3, -0.25) is 0 Å². The average Bonchev–Trinajstić information content (AvgIpc) is 2.21. The highest BCUT2D eigenvalue weighted by Crippen LogP contribution is 2.25. The van der Waals surface area contributed by atoms with Crippen LogP contribution in [-0.4, -0.2) is 6.04 Å². The monoisotopic (exact) mass is 211 g/mol. The van der Waals surface area contributed by atoms with Crippen LogP contribution in [0.1, 0.15) is 38.2 Å². The summed E-state index contributed by atoms with van der Waals surface area (Å²) < 4.78 is 0. The topological polar surface area (TPSA) is 26.0 Å². The molecule has 1 aromatic carbocycles. The molecule has 0 saturated carbocycles. The number of hydrogen-bond donors (Lipinski definition) is 1. The molecule has 0 aromatic heterocycles. The van der Waals surface area contributed by atoms with Crippen LogP contribution in [0.25, 0.3) is 0 Å². The van der Waals surface area contributed by atoms with E-state index in [2.05, 4.69) is 26.0 Å². The molecule has 0 aliphatic rings. The maximum Gasteiger partial charge on any atom is 0.0406 e. The van der Waals surface area contributed by atoms with E-state index in [9.17, 15) is 0 Å². The maximum atomic E-state index is 6.06. The van der Waals surface area contributed by atoms with E-state index in [0.717, 1.165) is 17.9 Å². The fourth-order valence-corrected chi connectivity index (χ4v) is 1.91. The Bertz CT molecular complexity index is 268. The molecule has 0 radical (unpaired) electrons. The first-order valence-electron chi connectivity index (χ1n) is 5.20. The van der Waals surface area contributed by atoms with Crippen molar-refractivity contribution in [2.75, 3.05) is 0 Å². The number of nitrogens with two attached hydrogens (primary N) is 1. The number of hydrogen-bond acceptors (Lipinski definition) is 1. The molecule has 0 aliphatic carbocycles. The summed E-state index contributed by atoms with van der Waals surface area (Å²) in [6.07, 6.45) is 2.10. The highest BCUT2D eigenvalue weighted by molar-refractivity contribution is 6.30. The summed E-state index contributed by atoms with van der Waals surface area (Å²) in [4.78, 5) is 0. The third kappa shape index (κ3) is 2.73. The van der Waals surface area contributed by atoms with Crippen LogP contribution in [0.2, 0.25) is 5.02 Å². The normalized spacial score (nSPS) is 15.1. The summed E-state index contributed by atoms with van der Waals surface area (Å²) in [5, 5.41) is 0.786. The van der Waals surface area contributed by atoms with Crippen LogP contribution in [0.5, 0.6) is 0 Å². The predicted octanol–water partition coefficient (Wildman–Crippen LogP) is 3.57. The quantitative estimate of drug-likeness (QED) is 0.810. The Morgan fingerprint density at radius 1 is 1.14 bits per heavy atom. The molecule has 0 fully saturated rings. The van der Waals surface area contributed by atoms with Crippen molar-refractivity contribution in [3.63, 3.8) is 0 Å². The first-order valence-corrected chi connectivity index (χ1v) is 5.57. The van der Waals surface area contributed by atoms with E-state index in [4.69, 9.17) is 17.3 Å². The van der Waals surface area contributed by atoms with E-state index in [1.807, 2.05) is 12.1 Å². The van der Waals surface area contributed by atoms with E-state index in [-0.39, 0.29) is 6.04 Å². The van der Waals surface area contributed by atoms with Gasteiger partial charge >= 0.3 is 0 Å². The molecule has 2 atom stereocenters. The predicted molar refractivity (Wildman–Crippen MR) is 62.8 cm³/mol. The van der Waals surface area contributed by atoms with Crippen molar-refractivity contribution in [1.29, 1.82) is 0 Å². The molecule has 0 aliphatic heterocycles. The van der Waals surface area contributed by atoms with Crippen LogP contribution in [0.3, 0.4) is 0 Å². The Balaban J connectivity index is 2.84. The van der Waals surface area contributed by atoms with Gasteiger partial charge in [0.15, 0.2) is 0 Å². The van der Waals surface area contributed by atoms with Crippen molar-refractivity contribution in [3.8, 4) is 0 Å². The van der Waals surface area contributed by atoms with Crippen LogP contribution in [-0.2, 0) is 0 Å². The van der Waals surface area contributed by atoms with E-state index in [0.29, 0.717) is 5.92 Å². The summed E-state index contributed by atoms with van der Waals surface area (Å²) in [6.45, 7) is 4.30. The molecule has 1 aromatic rings. The lowest BCUT2D eigenvalue weighted by Gasteiger charge is -2.21. The summed E-state index contributed by atoms with van der Waals surface area (Å²) >= 11 is 5.84. The zero-order valence-electron chi connectivity index (χ0n) is 8.83. The minimum Gasteiger partial charge on any atom is -0.327 e. The minimum absolute atomic E-state index is 0.251. The maximum absolute atomic E-state index is 6.06. The molecule has 1 nitrogen and oxygen atoms in total. The Morgan fingerprint density at radius 3 is 2.14 bits per heavy atom. The third-order valence-corrected chi connectivity index (χ3v) is 2.98. The van der Waals surface area contributed by atoms with Gasteiger partial charge in [0.05, 0.1) is 0 Å². The summed E-state index contributed by atoms with van der Waals surface area (Å²) in [7, 11) is 0. The van der Waals surface area contributed by atoms with Gasteiger partial charge in [-0.2, -0.15) is 0 Å². The van der Waals surface area contributed by atoms with Gasteiger partial charge in [-0.05, 0) is 36.5 Å². The largest absolute Gasteiger partial charge is 0.327 e. The van der Waals surface area contributed by atoms with Gasteiger partial charge in [0.2, 0.25) is 0 Å². The SMILES string of the molecule is CCC(N)C(CC)c1ccc(Cl)cc1. The molecule has 0 saturated heterocycles. The van der Waals surface area contributed by atoms with Gasteiger partial charge < -0.3 is 5.73 Å². The van der Waals surface area contributed by atoms with Crippen molar-refractivity contribution in [3.05, 3.63) is 34.9 Å². The molecule has 1 rings (SSSR count). The van der Waals surface area contributed by atoms with E-state index in [1.54, 1.807) is 0 Å². The first kappa shape index (κ1) is 11.5. The zero-order valence-corrected chi connectivity index (χ0v) is 9.59. The Hall–Kier alpha value is -0.530. The highest BCUT2D eigenvalue weighted by Gasteiger charge is 2.15. The third-order valence-electron chi connectivity index (χ3n) is 2.73. The Kier molecular flexibility index (Phi) is 4.43. The Labute approximate surface area is 91.3 Å². The summed E-state index contributed by atoms with van der Waals surface area (Å²) in [6, 6.07) is 8.27. The standard InChI is InChI=1S/C12H18ClN/c1-3-11(12(14)4-2)9-5-7-10(13)8-6-9/h5-8,11-12H,3-4,14H2,1-2H3. The molecule has 0 spiro atoms. The minimum atomic E-state index is 0.251.